The normalized spacial score (nSPS) is 11.1. The Hall–Kier alpha value is -4.50. The van der Waals surface area contributed by atoms with Gasteiger partial charge in [0.2, 0.25) is 0 Å². The average Bonchev–Trinajstić information content (AvgIpc) is 3.48. The van der Waals surface area contributed by atoms with Gasteiger partial charge in [0.25, 0.3) is 5.82 Å². The van der Waals surface area contributed by atoms with Crippen LogP contribution in [0.4, 0.5) is 11.5 Å². The van der Waals surface area contributed by atoms with Gasteiger partial charge >= 0.3 is 0 Å². The zero-order chi connectivity index (χ0) is 23.8. The van der Waals surface area contributed by atoms with Crippen molar-refractivity contribution in [2.75, 3.05) is 19.0 Å². The highest BCUT2D eigenvalue weighted by molar-refractivity contribution is 5.53. The van der Waals surface area contributed by atoms with Gasteiger partial charge in [-0.1, -0.05) is 6.57 Å². The first kappa shape index (κ1) is 21.7. The molecule has 4 rings (SSSR count). The first-order valence-electron chi connectivity index (χ1n) is 10.3. The molecule has 4 aromatic heterocycles. The van der Waals surface area contributed by atoms with Crippen LogP contribution in [0.15, 0.2) is 48.8 Å². The number of anilines is 1. The standard InChI is InChI=1S/C24H23N9/c1-16-11-19(27-22(12-16)33-10-8-21(26-4)30-33)24(2,3)20-13-18(31(5)6)14-23(28-20)32-9-7-17(15-25)29-32/h7-14H,1-3,5-6H3. The molecule has 4 heterocycles. The number of pyridine rings is 2. The van der Waals surface area contributed by atoms with Gasteiger partial charge in [0.05, 0.1) is 11.4 Å². The Morgan fingerprint density at radius 2 is 1.61 bits per heavy atom. The van der Waals surface area contributed by atoms with E-state index in [-0.39, 0.29) is 0 Å². The molecule has 164 valence electrons. The Balaban J connectivity index is 1.84. The summed E-state index contributed by atoms with van der Waals surface area (Å²) in [5.74, 6) is 1.58. The van der Waals surface area contributed by atoms with Crippen molar-refractivity contribution in [3.8, 4) is 17.7 Å². The Morgan fingerprint density at radius 1 is 0.970 bits per heavy atom. The van der Waals surface area contributed by atoms with Crippen LogP contribution in [0.25, 0.3) is 16.5 Å². The summed E-state index contributed by atoms with van der Waals surface area (Å²) in [6.07, 6.45) is 3.46. The second-order valence-corrected chi connectivity index (χ2v) is 8.46. The van der Waals surface area contributed by atoms with E-state index in [0.717, 1.165) is 22.6 Å². The number of nitrogens with zero attached hydrogens (tertiary/aromatic N) is 9. The molecule has 0 aliphatic heterocycles. The molecule has 0 spiro atoms. The van der Waals surface area contributed by atoms with Crippen molar-refractivity contribution in [3.05, 3.63) is 82.9 Å². The molecule has 9 heteroatoms. The van der Waals surface area contributed by atoms with Gasteiger partial charge in [0.1, 0.15) is 6.07 Å². The van der Waals surface area contributed by atoms with Crippen molar-refractivity contribution in [1.82, 2.24) is 29.5 Å². The predicted molar refractivity (Wildman–Crippen MR) is 125 cm³/mol. The van der Waals surface area contributed by atoms with Crippen LogP contribution >= 0.6 is 0 Å². The lowest BCUT2D eigenvalue weighted by Crippen LogP contribution is -2.25. The van der Waals surface area contributed by atoms with Crippen LogP contribution < -0.4 is 4.90 Å². The highest BCUT2D eigenvalue weighted by Gasteiger charge is 2.29. The number of aromatic nitrogens is 6. The summed E-state index contributed by atoms with van der Waals surface area (Å²) < 4.78 is 3.22. The SMILES string of the molecule is [C-]#[N+]c1ccn(-c2cc(C)cc(C(C)(C)c3cc(N(C)C)cc(-n4ccc(C#N)n4)n3)n2)n1. The van der Waals surface area contributed by atoms with Crippen LogP contribution in [0.5, 0.6) is 0 Å². The molecule has 0 amide bonds. The summed E-state index contributed by atoms with van der Waals surface area (Å²) in [6.45, 7) is 13.3. The maximum atomic E-state index is 9.15. The number of rotatable bonds is 5. The molecule has 4 aromatic rings. The topological polar surface area (TPSA) is 92.8 Å². The van der Waals surface area contributed by atoms with Crippen molar-refractivity contribution in [2.24, 2.45) is 0 Å². The molecular weight excluding hydrogens is 414 g/mol. The molecule has 0 saturated carbocycles. The predicted octanol–water partition coefficient (Wildman–Crippen LogP) is 3.97. The van der Waals surface area contributed by atoms with E-state index in [4.69, 9.17) is 21.8 Å². The van der Waals surface area contributed by atoms with E-state index in [1.807, 2.05) is 50.2 Å². The zero-order valence-corrected chi connectivity index (χ0v) is 19.1. The van der Waals surface area contributed by atoms with Crippen molar-refractivity contribution in [1.29, 1.82) is 5.26 Å². The summed E-state index contributed by atoms with van der Waals surface area (Å²) in [7, 11) is 3.94. The van der Waals surface area contributed by atoms with E-state index < -0.39 is 5.41 Å². The highest BCUT2D eigenvalue weighted by Crippen LogP contribution is 2.33. The van der Waals surface area contributed by atoms with Gasteiger partial charge in [0, 0.05) is 43.7 Å². The molecule has 33 heavy (non-hydrogen) atoms. The molecule has 9 nitrogen and oxygen atoms in total. The van der Waals surface area contributed by atoms with Crippen LogP contribution in [0, 0.1) is 24.8 Å². The fourth-order valence-electron chi connectivity index (χ4n) is 3.43. The summed E-state index contributed by atoms with van der Waals surface area (Å²) in [6, 6.07) is 13.3. The van der Waals surface area contributed by atoms with Crippen LogP contribution in [0.1, 0.15) is 36.5 Å². The minimum Gasteiger partial charge on any atom is -0.377 e. The lowest BCUT2D eigenvalue weighted by molar-refractivity contribution is 0.587. The van der Waals surface area contributed by atoms with Gasteiger partial charge in [-0.2, -0.15) is 10.4 Å². The van der Waals surface area contributed by atoms with E-state index in [1.54, 1.807) is 33.9 Å². The van der Waals surface area contributed by atoms with Crippen molar-refractivity contribution >= 4 is 11.5 Å². The second-order valence-electron chi connectivity index (χ2n) is 8.46. The molecule has 0 aliphatic carbocycles. The maximum absolute atomic E-state index is 9.15. The van der Waals surface area contributed by atoms with E-state index in [0.29, 0.717) is 23.1 Å². The Bertz CT molecular complexity index is 1410. The molecule has 0 N–H and O–H groups in total. The molecule has 0 aromatic carbocycles. The van der Waals surface area contributed by atoms with Gasteiger partial charge in [-0.05, 0) is 61.8 Å². The Kier molecular flexibility index (Phi) is 5.40. The Morgan fingerprint density at radius 3 is 2.21 bits per heavy atom. The monoisotopic (exact) mass is 437 g/mol. The fraction of sp³-hybridized carbons (Fsp3) is 0.250. The summed E-state index contributed by atoms with van der Waals surface area (Å²) >= 11 is 0. The van der Waals surface area contributed by atoms with Crippen molar-refractivity contribution < 1.29 is 0 Å². The van der Waals surface area contributed by atoms with Crippen LogP contribution in [-0.2, 0) is 5.41 Å². The Labute approximate surface area is 192 Å². The molecule has 0 aliphatic rings. The van der Waals surface area contributed by atoms with Gasteiger partial charge in [-0.15, -0.1) is 4.68 Å². The van der Waals surface area contributed by atoms with Gasteiger partial charge in [-0.3, -0.25) is 0 Å². The molecule has 0 atom stereocenters. The minimum absolute atomic E-state index is 0.320. The van der Waals surface area contributed by atoms with Crippen LogP contribution in [0.2, 0.25) is 0 Å². The lowest BCUT2D eigenvalue weighted by atomic mass is 9.84. The first-order chi connectivity index (χ1) is 15.7. The van der Waals surface area contributed by atoms with Gasteiger partial charge in [0.15, 0.2) is 17.3 Å². The number of aryl methyl sites for hydroxylation is 1. The quantitative estimate of drug-likeness (QED) is 0.439. The van der Waals surface area contributed by atoms with Gasteiger partial charge in [-0.25, -0.2) is 14.6 Å². The number of nitriles is 1. The van der Waals surface area contributed by atoms with E-state index in [2.05, 4.69) is 35.0 Å². The molecule has 0 saturated heterocycles. The zero-order valence-electron chi connectivity index (χ0n) is 19.1. The number of hydrogen-bond donors (Lipinski definition) is 0. The second kappa shape index (κ2) is 8.21. The molecule has 0 radical (unpaired) electrons. The third-order valence-corrected chi connectivity index (χ3v) is 5.41. The lowest BCUT2D eigenvalue weighted by Gasteiger charge is -2.26. The minimum atomic E-state index is -0.553. The van der Waals surface area contributed by atoms with Gasteiger partial charge < -0.3 is 9.74 Å². The number of hydrogen-bond acceptors (Lipinski definition) is 6. The highest BCUT2D eigenvalue weighted by atomic mass is 15.3. The summed E-state index contributed by atoms with van der Waals surface area (Å²) in [5.41, 5.74) is 3.39. The largest absolute Gasteiger partial charge is 0.377 e. The molecule has 0 bridgehead atoms. The van der Waals surface area contributed by atoms with E-state index >= 15 is 0 Å². The van der Waals surface area contributed by atoms with Crippen LogP contribution in [-0.4, -0.2) is 43.6 Å². The summed E-state index contributed by atoms with van der Waals surface area (Å²) in [5, 5.41) is 17.7. The smallest absolute Gasteiger partial charge is 0.295 e. The fourth-order valence-corrected chi connectivity index (χ4v) is 3.43. The molecule has 0 fully saturated rings. The van der Waals surface area contributed by atoms with Crippen molar-refractivity contribution in [2.45, 2.75) is 26.2 Å². The first-order valence-corrected chi connectivity index (χ1v) is 10.3. The molecular formula is C24H23N9. The average molecular weight is 438 g/mol. The third kappa shape index (κ3) is 4.17. The van der Waals surface area contributed by atoms with E-state index in [9.17, 15) is 0 Å². The maximum Gasteiger partial charge on any atom is 0.295 e. The van der Waals surface area contributed by atoms with Crippen LogP contribution in [0.3, 0.4) is 0 Å². The van der Waals surface area contributed by atoms with Crippen molar-refractivity contribution in [3.63, 3.8) is 0 Å². The molecule has 0 unspecified atom stereocenters. The third-order valence-electron chi connectivity index (χ3n) is 5.41. The summed E-state index contributed by atoms with van der Waals surface area (Å²) in [4.78, 5) is 15.1. The van der Waals surface area contributed by atoms with E-state index in [1.165, 1.54) is 0 Å².